The van der Waals surface area contributed by atoms with Gasteiger partial charge < -0.3 is 15.3 Å². The number of anilines is 1. The third-order valence-corrected chi connectivity index (χ3v) is 5.60. The first-order valence-electron chi connectivity index (χ1n) is 9.97. The summed E-state index contributed by atoms with van der Waals surface area (Å²) in [4.78, 5) is 29.6. The molecule has 0 spiro atoms. The molecule has 1 unspecified atom stereocenters. The van der Waals surface area contributed by atoms with Gasteiger partial charge in [-0.15, -0.1) is 0 Å². The third kappa shape index (κ3) is 5.41. The van der Waals surface area contributed by atoms with Gasteiger partial charge in [0.25, 0.3) is 5.91 Å². The summed E-state index contributed by atoms with van der Waals surface area (Å²) in [6.07, 6.45) is -0.400. The largest absolute Gasteiger partial charge is 0.465 e. The number of nitrogens with zero attached hydrogens (tertiary/aromatic N) is 2. The Hall–Kier alpha value is -2.93. The molecule has 1 aromatic carbocycles. The number of aromatic nitrogens is 1. The lowest BCUT2D eigenvalue weighted by Gasteiger charge is -2.42. The molecule has 0 aliphatic carbocycles. The van der Waals surface area contributed by atoms with Crippen LogP contribution in [0.25, 0.3) is 5.83 Å². The van der Waals surface area contributed by atoms with Crippen LogP contribution in [0.15, 0.2) is 48.0 Å². The number of carbonyl (C=O) groups is 2. The van der Waals surface area contributed by atoms with E-state index in [1.54, 1.807) is 36.4 Å². The van der Waals surface area contributed by atoms with E-state index in [4.69, 9.17) is 11.6 Å². The minimum atomic E-state index is -0.996. The molecule has 0 radical (unpaired) electrons. The van der Waals surface area contributed by atoms with Crippen LogP contribution in [0.2, 0.25) is 5.02 Å². The average molecular weight is 446 g/mol. The maximum atomic E-state index is 15.3. The maximum Gasteiger partial charge on any atom is 0.407 e. The zero-order chi connectivity index (χ0) is 22.8. The van der Waals surface area contributed by atoms with Crippen molar-refractivity contribution < 1.29 is 19.1 Å². The number of piperidine rings is 1. The lowest BCUT2D eigenvalue weighted by molar-refractivity contribution is 0.0719. The van der Waals surface area contributed by atoms with E-state index in [0.29, 0.717) is 29.0 Å². The van der Waals surface area contributed by atoms with Gasteiger partial charge in [-0.05, 0) is 60.2 Å². The Bertz CT molecular complexity index is 1020. The molecule has 0 saturated carbocycles. The zero-order valence-electron chi connectivity index (χ0n) is 17.7. The summed E-state index contributed by atoms with van der Waals surface area (Å²) in [5, 5.41) is 12.7. The van der Waals surface area contributed by atoms with E-state index in [1.807, 2.05) is 20.8 Å². The lowest BCUT2D eigenvalue weighted by Crippen LogP contribution is -2.50. The van der Waals surface area contributed by atoms with Crippen LogP contribution in [0.3, 0.4) is 0 Å². The predicted octanol–water partition coefficient (Wildman–Crippen LogP) is 5.86. The smallest absolute Gasteiger partial charge is 0.407 e. The number of amides is 2. The summed E-state index contributed by atoms with van der Waals surface area (Å²) in [6.45, 7) is 6.06. The monoisotopic (exact) mass is 445 g/mol. The molecule has 2 N–H and O–H groups in total. The van der Waals surface area contributed by atoms with E-state index in [2.05, 4.69) is 10.3 Å². The molecule has 0 bridgehead atoms. The van der Waals surface area contributed by atoms with Crippen molar-refractivity contribution in [1.82, 2.24) is 9.88 Å². The van der Waals surface area contributed by atoms with Crippen molar-refractivity contribution in [2.45, 2.75) is 39.7 Å². The van der Waals surface area contributed by atoms with Gasteiger partial charge in [0.2, 0.25) is 0 Å². The van der Waals surface area contributed by atoms with Crippen LogP contribution in [0, 0.1) is 5.41 Å². The number of hydrogen-bond acceptors (Lipinski definition) is 3. The zero-order valence-corrected chi connectivity index (χ0v) is 18.4. The first-order valence-corrected chi connectivity index (χ1v) is 10.4. The minimum Gasteiger partial charge on any atom is -0.465 e. The molecule has 6 nitrogen and oxygen atoms in total. The van der Waals surface area contributed by atoms with Gasteiger partial charge in [0.1, 0.15) is 17.3 Å². The summed E-state index contributed by atoms with van der Waals surface area (Å²) in [5.74, 6) is -0.623. The van der Waals surface area contributed by atoms with Gasteiger partial charge in [-0.1, -0.05) is 38.4 Å². The highest BCUT2D eigenvalue weighted by atomic mass is 35.5. The molecule has 2 amide bonds. The van der Waals surface area contributed by atoms with Crippen molar-refractivity contribution in [3.05, 3.63) is 64.3 Å². The quantitative estimate of drug-likeness (QED) is 0.620. The Morgan fingerprint density at radius 1 is 1.19 bits per heavy atom. The second-order valence-electron chi connectivity index (χ2n) is 8.60. The normalized spacial score (nSPS) is 18.5. The van der Waals surface area contributed by atoms with E-state index < -0.39 is 11.9 Å². The van der Waals surface area contributed by atoms with Crippen LogP contribution in [0.5, 0.6) is 0 Å². The van der Waals surface area contributed by atoms with E-state index in [0.717, 1.165) is 0 Å². The van der Waals surface area contributed by atoms with Crippen molar-refractivity contribution in [1.29, 1.82) is 0 Å². The fourth-order valence-electron chi connectivity index (χ4n) is 3.66. The summed E-state index contributed by atoms with van der Waals surface area (Å²) in [5.41, 5.74) is 0.711. The molecule has 1 aliphatic heterocycles. The molecular weight excluding hydrogens is 421 g/mol. The minimum absolute atomic E-state index is 0.111. The Morgan fingerprint density at radius 3 is 2.48 bits per heavy atom. The molecule has 3 rings (SSSR count). The number of rotatable bonds is 3. The SMILES string of the molecule is CC(C)(C)C1CC(=C(F)c2cccc(NC(=O)c3ccc(Cl)cc3)n2)CCN1C(=O)O. The Kier molecular flexibility index (Phi) is 6.65. The van der Waals surface area contributed by atoms with Crippen molar-refractivity contribution in [2.75, 3.05) is 11.9 Å². The molecule has 2 heterocycles. The van der Waals surface area contributed by atoms with Gasteiger partial charge in [0, 0.05) is 23.2 Å². The molecular formula is C23H25ClFN3O3. The summed E-state index contributed by atoms with van der Waals surface area (Å²) >= 11 is 5.84. The Labute approximate surface area is 185 Å². The topological polar surface area (TPSA) is 82.5 Å². The molecule has 1 aliphatic rings. The van der Waals surface area contributed by atoms with Crippen LogP contribution in [0.1, 0.15) is 49.7 Å². The maximum absolute atomic E-state index is 15.3. The number of carboxylic acid groups (broad SMARTS) is 1. The molecule has 1 fully saturated rings. The van der Waals surface area contributed by atoms with Crippen LogP contribution < -0.4 is 5.32 Å². The number of carbonyl (C=O) groups excluding carboxylic acids is 1. The van der Waals surface area contributed by atoms with Crippen LogP contribution >= 0.6 is 11.6 Å². The van der Waals surface area contributed by atoms with Crippen LogP contribution in [0.4, 0.5) is 15.0 Å². The third-order valence-electron chi connectivity index (χ3n) is 5.35. The summed E-state index contributed by atoms with van der Waals surface area (Å²) < 4.78 is 15.3. The molecule has 1 atom stereocenters. The molecule has 1 saturated heterocycles. The van der Waals surface area contributed by atoms with Gasteiger partial charge in [-0.25, -0.2) is 14.2 Å². The Morgan fingerprint density at radius 2 is 1.87 bits per heavy atom. The first kappa shape index (κ1) is 22.7. The van der Waals surface area contributed by atoms with E-state index in [-0.39, 0.29) is 35.4 Å². The van der Waals surface area contributed by atoms with E-state index in [1.165, 1.54) is 11.0 Å². The van der Waals surface area contributed by atoms with Crippen molar-refractivity contribution >= 4 is 35.2 Å². The highest BCUT2D eigenvalue weighted by molar-refractivity contribution is 6.30. The molecule has 8 heteroatoms. The fourth-order valence-corrected chi connectivity index (χ4v) is 3.78. The first-order chi connectivity index (χ1) is 14.6. The van der Waals surface area contributed by atoms with E-state index in [9.17, 15) is 14.7 Å². The number of halogens is 2. The van der Waals surface area contributed by atoms with Gasteiger partial charge in [0.05, 0.1) is 0 Å². The van der Waals surface area contributed by atoms with Crippen LogP contribution in [-0.4, -0.2) is 39.6 Å². The number of likely N-dealkylation sites (tertiary alicyclic amines) is 1. The van der Waals surface area contributed by atoms with Crippen molar-refractivity contribution in [3.8, 4) is 0 Å². The number of nitrogens with one attached hydrogen (secondary N) is 1. The van der Waals surface area contributed by atoms with Gasteiger partial charge in [-0.3, -0.25) is 4.79 Å². The van der Waals surface area contributed by atoms with Crippen molar-refractivity contribution in [3.63, 3.8) is 0 Å². The molecule has 1 aromatic heterocycles. The average Bonchev–Trinajstić information content (AvgIpc) is 2.72. The van der Waals surface area contributed by atoms with Crippen molar-refractivity contribution in [2.24, 2.45) is 5.41 Å². The van der Waals surface area contributed by atoms with Gasteiger partial charge in [0.15, 0.2) is 0 Å². The molecule has 2 aromatic rings. The summed E-state index contributed by atoms with van der Waals surface area (Å²) in [7, 11) is 0. The second kappa shape index (κ2) is 9.06. The second-order valence-corrected chi connectivity index (χ2v) is 9.03. The fraction of sp³-hybridized carbons (Fsp3) is 0.348. The summed E-state index contributed by atoms with van der Waals surface area (Å²) in [6, 6.07) is 10.8. The van der Waals surface area contributed by atoms with Gasteiger partial charge >= 0.3 is 6.09 Å². The predicted molar refractivity (Wildman–Crippen MR) is 119 cm³/mol. The number of benzene rings is 1. The number of pyridine rings is 1. The molecule has 164 valence electrons. The van der Waals surface area contributed by atoms with Crippen LogP contribution in [-0.2, 0) is 0 Å². The lowest BCUT2D eigenvalue weighted by atomic mass is 9.79. The Balaban J connectivity index is 1.82. The standard InChI is InChI=1S/C23H25ClFN3O3/c1-23(2,3)18-13-15(11-12-28(18)22(30)31)20(25)17-5-4-6-19(26-17)27-21(29)14-7-9-16(24)10-8-14/h4-10,18H,11-13H2,1-3H3,(H,30,31)(H,26,27,29). The molecule has 31 heavy (non-hydrogen) atoms. The highest BCUT2D eigenvalue weighted by Crippen LogP contribution is 2.37. The van der Waals surface area contributed by atoms with Gasteiger partial charge in [-0.2, -0.15) is 0 Å². The number of hydrogen-bond donors (Lipinski definition) is 2. The van der Waals surface area contributed by atoms with E-state index >= 15 is 4.39 Å². The highest BCUT2D eigenvalue weighted by Gasteiger charge is 2.37.